The van der Waals surface area contributed by atoms with E-state index in [4.69, 9.17) is 14.2 Å². The molecule has 0 radical (unpaired) electrons. The summed E-state index contributed by atoms with van der Waals surface area (Å²) >= 11 is 0. The van der Waals surface area contributed by atoms with Crippen LogP contribution in [0.1, 0.15) is 25.0 Å². The first-order chi connectivity index (χ1) is 16.0. The van der Waals surface area contributed by atoms with Gasteiger partial charge in [-0.05, 0) is 61.0 Å². The van der Waals surface area contributed by atoms with Gasteiger partial charge in [0.25, 0.3) is 0 Å². The van der Waals surface area contributed by atoms with Gasteiger partial charge in [-0.15, -0.1) is 0 Å². The number of rotatable bonds is 9. The van der Waals surface area contributed by atoms with Gasteiger partial charge in [0.05, 0.1) is 12.3 Å². The van der Waals surface area contributed by atoms with Crippen LogP contribution >= 0.6 is 0 Å². The van der Waals surface area contributed by atoms with Gasteiger partial charge in [0.1, 0.15) is 18.2 Å². The van der Waals surface area contributed by atoms with E-state index in [1.807, 2.05) is 30.3 Å². The number of ether oxygens (including phenoxy) is 3. The van der Waals surface area contributed by atoms with Gasteiger partial charge in [0.2, 0.25) is 5.76 Å². The second-order valence-corrected chi connectivity index (χ2v) is 6.95. The molecule has 0 unspecified atom stereocenters. The Morgan fingerprint density at radius 2 is 1.58 bits per heavy atom. The second kappa shape index (κ2) is 11.5. The van der Waals surface area contributed by atoms with Gasteiger partial charge in [0.15, 0.2) is 0 Å². The normalized spacial score (nSPS) is 11.2. The lowest BCUT2D eigenvalue weighted by atomic mass is 10.1. The average molecular weight is 449 g/mol. The summed E-state index contributed by atoms with van der Waals surface area (Å²) < 4.78 is 29.5. The first kappa shape index (κ1) is 23.5. The molecule has 7 heteroatoms. The van der Waals surface area contributed by atoms with E-state index in [2.05, 4.69) is 5.32 Å². The lowest BCUT2D eigenvalue weighted by Crippen LogP contribution is -2.18. The molecular formula is C26H24FNO5. The van der Waals surface area contributed by atoms with E-state index < -0.39 is 17.8 Å². The molecule has 0 saturated carbocycles. The molecule has 0 heterocycles. The van der Waals surface area contributed by atoms with Crippen LogP contribution < -0.4 is 10.1 Å². The summed E-state index contributed by atoms with van der Waals surface area (Å²) in [5, 5.41) is 3.04. The van der Waals surface area contributed by atoms with E-state index in [1.54, 1.807) is 31.2 Å². The number of hydrogen-bond acceptors (Lipinski definition) is 6. The monoisotopic (exact) mass is 449 g/mol. The molecule has 0 atom stereocenters. The molecule has 170 valence electrons. The Bertz CT molecular complexity index is 1110. The molecule has 0 bridgehead atoms. The van der Waals surface area contributed by atoms with Crippen molar-refractivity contribution in [3.05, 3.63) is 102 Å². The third kappa shape index (κ3) is 6.93. The number of carbonyl (C=O) groups is 2. The van der Waals surface area contributed by atoms with Gasteiger partial charge >= 0.3 is 11.9 Å². The standard InChI is InChI=1S/C26H24FNO5/c1-3-31-26(30)25(33-18(2)29)24(28-22-13-11-21(27)12-14-22)20-9-15-23(16-10-20)32-17-19-7-5-4-6-8-19/h4-16,28H,3,17H2,1-2H3/b25-24+. The fraction of sp³-hybridized carbons (Fsp3) is 0.154. The molecule has 0 aromatic heterocycles. The largest absolute Gasteiger partial charge is 0.489 e. The Morgan fingerprint density at radius 1 is 0.909 bits per heavy atom. The van der Waals surface area contributed by atoms with Gasteiger partial charge in [-0.25, -0.2) is 9.18 Å². The zero-order valence-electron chi connectivity index (χ0n) is 18.3. The highest BCUT2D eigenvalue weighted by Gasteiger charge is 2.23. The molecule has 3 rings (SSSR count). The minimum atomic E-state index is -0.804. The second-order valence-electron chi connectivity index (χ2n) is 6.95. The van der Waals surface area contributed by atoms with Crippen LogP contribution in [0.4, 0.5) is 10.1 Å². The Labute approximate surface area is 191 Å². The van der Waals surface area contributed by atoms with E-state index in [0.29, 0.717) is 23.6 Å². The first-order valence-electron chi connectivity index (χ1n) is 10.4. The van der Waals surface area contributed by atoms with E-state index in [1.165, 1.54) is 31.2 Å². The summed E-state index contributed by atoms with van der Waals surface area (Å²) in [7, 11) is 0. The van der Waals surface area contributed by atoms with Crippen molar-refractivity contribution in [2.75, 3.05) is 11.9 Å². The summed E-state index contributed by atoms with van der Waals surface area (Å²) in [6.45, 7) is 3.34. The van der Waals surface area contributed by atoms with E-state index in [-0.39, 0.29) is 18.1 Å². The topological polar surface area (TPSA) is 73.9 Å². The van der Waals surface area contributed by atoms with Gasteiger partial charge in [-0.2, -0.15) is 0 Å². The Kier molecular flexibility index (Phi) is 8.18. The third-order valence-electron chi connectivity index (χ3n) is 4.44. The smallest absolute Gasteiger partial charge is 0.376 e. The maximum absolute atomic E-state index is 13.3. The number of halogens is 1. The summed E-state index contributed by atoms with van der Waals surface area (Å²) in [6.07, 6.45) is 0. The maximum atomic E-state index is 13.3. The van der Waals surface area contributed by atoms with Crippen molar-refractivity contribution < 1.29 is 28.2 Å². The molecule has 1 N–H and O–H groups in total. The fourth-order valence-corrected chi connectivity index (χ4v) is 2.93. The highest BCUT2D eigenvalue weighted by atomic mass is 19.1. The minimum Gasteiger partial charge on any atom is -0.489 e. The van der Waals surface area contributed by atoms with Gasteiger partial charge in [0, 0.05) is 18.2 Å². The molecular weight excluding hydrogens is 425 g/mol. The van der Waals surface area contributed by atoms with Crippen LogP contribution in [0.2, 0.25) is 0 Å². The summed E-state index contributed by atoms with van der Waals surface area (Å²) in [5.74, 6) is -1.57. The maximum Gasteiger partial charge on any atom is 0.376 e. The predicted octanol–water partition coefficient (Wildman–Crippen LogP) is 5.31. The van der Waals surface area contributed by atoms with Crippen molar-refractivity contribution in [1.29, 1.82) is 0 Å². The van der Waals surface area contributed by atoms with Crippen molar-refractivity contribution in [2.24, 2.45) is 0 Å². The van der Waals surface area contributed by atoms with Gasteiger partial charge < -0.3 is 19.5 Å². The SMILES string of the molecule is CCOC(=O)/C(OC(C)=O)=C(\Nc1ccc(F)cc1)c1ccc(OCc2ccccc2)cc1. The highest BCUT2D eigenvalue weighted by Crippen LogP contribution is 2.26. The lowest BCUT2D eigenvalue weighted by molar-refractivity contribution is -0.149. The molecule has 0 fully saturated rings. The van der Waals surface area contributed by atoms with Crippen molar-refractivity contribution in [1.82, 2.24) is 0 Å². The van der Waals surface area contributed by atoms with Crippen molar-refractivity contribution in [3.8, 4) is 5.75 Å². The number of benzene rings is 3. The number of esters is 2. The van der Waals surface area contributed by atoms with Crippen LogP contribution in [-0.4, -0.2) is 18.5 Å². The quantitative estimate of drug-likeness (QED) is 0.271. The van der Waals surface area contributed by atoms with Gasteiger partial charge in [-0.3, -0.25) is 4.79 Å². The minimum absolute atomic E-state index is 0.0969. The third-order valence-corrected chi connectivity index (χ3v) is 4.44. The van der Waals surface area contributed by atoms with E-state index in [0.717, 1.165) is 5.56 Å². The Balaban J connectivity index is 1.93. The molecule has 0 amide bonds. The fourth-order valence-electron chi connectivity index (χ4n) is 2.93. The Hall–Kier alpha value is -4.13. The van der Waals surface area contributed by atoms with Crippen LogP contribution in [0.3, 0.4) is 0 Å². The molecule has 0 aliphatic heterocycles. The Morgan fingerprint density at radius 3 is 2.18 bits per heavy atom. The van der Waals surface area contributed by atoms with Crippen molar-refractivity contribution >= 4 is 23.3 Å². The van der Waals surface area contributed by atoms with Crippen LogP contribution in [0, 0.1) is 5.82 Å². The average Bonchev–Trinajstić information content (AvgIpc) is 2.82. The highest BCUT2D eigenvalue weighted by molar-refractivity contribution is 6.00. The molecule has 0 aliphatic rings. The number of carbonyl (C=O) groups excluding carboxylic acids is 2. The zero-order chi connectivity index (χ0) is 23.6. The first-order valence-corrected chi connectivity index (χ1v) is 10.4. The number of nitrogens with one attached hydrogen (secondary N) is 1. The predicted molar refractivity (Wildman–Crippen MR) is 123 cm³/mol. The molecule has 6 nitrogen and oxygen atoms in total. The van der Waals surface area contributed by atoms with E-state index >= 15 is 0 Å². The van der Waals surface area contributed by atoms with Crippen molar-refractivity contribution in [2.45, 2.75) is 20.5 Å². The number of anilines is 1. The molecule has 3 aromatic carbocycles. The van der Waals surface area contributed by atoms with Crippen LogP contribution in [-0.2, 0) is 25.7 Å². The van der Waals surface area contributed by atoms with Crippen LogP contribution in [0.25, 0.3) is 5.70 Å². The van der Waals surface area contributed by atoms with Crippen LogP contribution in [0.5, 0.6) is 5.75 Å². The van der Waals surface area contributed by atoms with E-state index in [9.17, 15) is 14.0 Å². The molecule has 33 heavy (non-hydrogen) atoms. The number of hydrogen-bond donors (Lipinski definition) is 1. The summed E-state index contributed by atoms with van der Waals surface area (Å²) in [5.41, 5.74) is 2.25. The molecule has 0 spiro atoms. The lowest BCUT2D eigenvalue weighted by Gasteiger charge is -2.17. The van der Waals surface area contributed by atoms with Crippen molar-refractivity contribution in [3.63, 3.8) is 0 Å². The molecule has 0 aliphatic carbocycles. The molecule has 0 saturated heterocycles. The molecule has 3 aromatic rings. The zero-order valence-corrected chi connectivity index (χ0v) is 18.3. The van der Waals surface area contributed by atoms with Gasteiger partial charge in [-0.1, -0.05) is 30.3 Å². The summed E-state index contributed by atoms with van der Waals surface area (Å²) in [6, 6.07) is 22.2. The van der Waals surface area contributed by atoms with Crippen LogP contribution in [0.15, 0.2) is 84.6 Å². The summed E-state index contributed by atoms with van der Waals surface area (Å²) in [4.78, 5) is 24.3.